The van der Waals surface area contributed by atoms with Gasteiger partial charge in [-0.05, 0) is 13.0 Å². The number of pyridine rings is 1. The lowest BCUT2D eigenvalue weighted by Gasteiger charge is -1.94. The number of fused-ring (bicyclic) bond motifs is 1. The molecule has 0 saturated heterocycles. The van der Waals surface area contributed by atoms with Crippen LogP contribution in [-0.4, -0.2) is 17.1 Å². The molecule has 70 valence electrons. The van der Waals surface area contributed by atoms with E-state index in [0.29, 0.717) is 22.8 Å². The zero-order chi connectivity index (χ0) is 10.1. The van der Waals surface area contributed by atoms with E-state index in [2.05, 4.69) is 4.98 Å². The maximum atomic E-state index is 11.2. The van der Waals surface area contributed by atoms with Crippen molar-refractivity contribution in [1.29, 1.82) is 0 Å². The number of aromatic nitrogens is 1. The summed E-state index contributed by atoms with van der Waals surface area (Å²) in [5, 5.41) is 0.666. The zero-order valence-corrected chi connectivity index (χ0v) is 7.48. The van der Waals surface area contributed by atoms with Crippen LogP contribution in [0.5, 0.6) is 0 Å². The first-order valence-corrected chi connectivity index (χ1v) is 4.06. The van der Waals surface area contributed by atoms with Crippen LogP contribution < -0.4 is 0 Å². The number of Topliss-reactive ketones (excluding diaryl/α,β-unsaturated/α-hetero) is 1. The van der Waals surface area contributed by atoms with Crippen molar-refractivity contribution in [3.8, 4) is 0 Å². The number of aldehydes is 1. The molecule has 2 aromatic heterocycles. The predicted octanol–water partition coefficient (Wildman–Crippen LogP) is 1.84. The Labute approximate surface area is 79.5 Å². The molecule has 0 aromatic carbocycles. The van der Waals surface area contributed by atoms with Crippen molar-refractivity contribution >= 4 is 23.0 Å². The Morgan fingerprint density at radius 3 is 2.93 bits per heavy atom. The molecule has 0 unspecified atom stereocenters. The fourth-order valence-corrected chi connectivity index (χ4v) is 1.29. The lowest BCUT2D eigenvalue weighted by molar-refractivity contribution is 0.101. The van der Waals surface area contributed by atoms with E-state index in [1.54, 1.807) is 12.3 Å². The summed E-state index contributed by atoms with van der Waals surface area (Å²) >= 11 is 0. The number of carbonyl (C=O) groups excluding carboxylic acids is 2. The van der Waals surface area contributed by atoms with Gasteiger partial charge < -0.3 is 4.42 Å². The first-order chi connectivity index (χ1) is 6.72. The van der Waals surface area contributed by atoms with Gasteiger partial charge in [0.25, 0.3) is 0 Å². The van der Waals surface area contributed by atoms with Crippen LogP contribution in [0.2, 0.25) is 0 Å². The van der Waals surface area contributed by atoms with Gasteiger partial charge in [0.2, 0.25) is 0 Å². The molecule has 0 radical (unpaired) electrons. The molecule has 14 heavy (non-hydrogen) atoms. The quantitative estimate of drug-likeness (QED) is 0.534. The summed E-state index contributed by atoms with van der Waals surface area (Å²) in [7, 11) is 0. The van der Waals surface area contributed by atoms with Crippen LogP contribution in [0, 0.1) is 0 Å². The van der Waals surface area contributed by atoms with Crippen molar-refractivity contribution in [3.05, 3.63) is 29.8 Å². The summed E-state index contributed by atoms with van der Waals surface area (Å²) in [6.45, 7) is 1.43. The molecule has 2 heterocycles. The highest BCUT2D eigenvalue weighted by Crippen LogP contribution is 2.21. The van der Waals surface area contributed by atoms with Crippen molar-refractivity contribution in [2.45, 2.75) is 6.92 Å². The van der Waals surface area contributed by atoms with Gasteiger partial charge in [-0.15, -0.1) is 0 Å². The highest BCUT2D eigenvalue weighted by Gasteiger charge is 2.11. The van der Waals surface area contributed by atoms with Crippen molar-refractivity contribution in [2.24, 2.45) is 0 Å². The van der Waals surface area contributed by atoms with E-state index < -0.39 is 0 Å². The Balaban J connectivity index is 2.79. The minimum absolute atomic E-state index is 0.130. The van der Waals surface area contributed by atoms with E-state index in [1.165, 1.54) is 13.1 Å². The molecular weight excluding hydrogens is 182 g/mol. The number of carbonyl (C=O) groups is 2. The van der Waals surface area contributed by atoms with E-state index in [1.807, 2.05) is 0 Å². The SMILES string of the molecule is CC(=O)c1cncc2cc(C=O)oc12. The Morgan fingerprint density at radius 1 is 1.50 bits per heavy atom. The summed E-state index contributed by atoms with van der Waals surface area (Å²) in [5.74, 6) is 0.0744. The van der Waals surface area contributed by atoms with Crippen molar-refractivity contribution in [2.75, 3.05) is 0 Å². The lowest BCUT2D eigenvalue weighted by Crippen LogP contribution is -1.92. The highest BCUT2D eigenvalue weighted by molar-refractivity contribution is 6.05. The molecule has 4 heteroatoms. The number of nitrogens with zero attached hydrogens (tertiary/aromatic N) is 1. The Bertz CT molecular complexity index is 513. The average molecular weight is 189 g/mol. The van der Waals surface area contributed by atoms with Gasteiger partial charge in [0.05, 0.1) is 5.56 Å². The van der Waals surface area contributed by atoms with E-state index in [4.69, 9.17) is 4.42 Å². The molecule has 2 aromatic rings. The van der Waals surface area contributed by atoms with Gasteiger partial charge >= 0.3 is 0 Å². The molecule has 0 bridgehead atoms. The number of ketones is 1. The van der Waals surface area contributed by atoms with E-state index in [-0.39, 0.29) is 11.5 Å². The summed E-state index contributed by atoms with van der Waals surface area (Å²) in [6, 6.07) is 1.56. The second-order valence-electron chi connectivity index (χ2n) is 2.93. The minimum Gasteiger partial charge on any atom is -0.452 e. The maximum Gasteiger partial charge on any atom is 0.185 e. The second kappa shape index (κ2) is 3.06. The number of hydrogen-bond donors (Lipinski definition) is 0. The first-order valence-electron chi connectivity index (χ1n) is 4.06. The number of hydrogen-bond acceptors (Lipinski definition) is 4. The third-order valence-electron chi connectivity index (χ3n) is 1.94. The molecule has 0 aliphatic rings. The molecule has 0 saturated carbocycles. The van der Waals surface area contributed by atoms with Gasteiger partial charge in [-0.1, -0.05) is 0 Å². The van der Waals surface area contributed by atoms with Gasteiger partial charge in [-0.25, -0.2) is 0 Å². The van der Waals surface area contributed by atoms with Crippen LogP contribution in [0.25, 0.3) is 11.0 Å². The summed E-state index contributed by atoms with van der Waals surface area (Å²) in [6.07, 6.45) is 3.59. The number of rotatable bonds is 2. The van der Waals surface area contributed by atoms with Crippen LogP contribution in [0.15, 0.2) is 22.9 Å². The Morgan fingerprint density at radius 2 is 2.29 bits per heavy atom. The van der Waals surface area contributed by atoms with Gasteiger partial charge in [0.1, 0.15) is 5.58 Å². The third-order valence-corrected chi connectivity index (χ3v) is 1.94. The molecule has 0 atom stereocenters. The Hall–Kier alpha value is -1.97. The van der Waals surface area contributed by atoms with Gasteiger partial charge in [-0.3, -0.25) is 14.6 Å². The zero-order valence-electron chi connectivity index (χ0n) is 7.48. The molecule has 0 amide bonds. The monoisotopic (exact) mass is 189 g/mol. The van der Waals surface area contributed by atoms with Crippen molar-refractivity contribution < 1.29 is 14.0 Å². The lowest BCUT2D eigenvalue weighted by atomic mass is 10.2. The molecule has 2 rings (SSSR count). The summed E-state index contributed by atoms with van der Waals surface area (Å²) in [4.78, 5) is 25.5. The van der Waals surface area contributed by atoms with Gasteiger partial charge in [0.15, 0.2) is 17.8 Å². The summed E-state index contributed by atoms with van der Waals surface area (Å²) < 4.78 is 5.18. The molecular formula is C10H7NO3. The summed E-state index contributed by atoms with van der Waals surface area (Å²) in [5.41, 5.74) is 0.824. The molecule has 0 aliphatic heterocycles. The predicted molar refractivity (Wildman–Crippen MR) is 49.4 cm³/mol. The van der Waals surface area contributed by atoms with Gasteiger partial charge in [0, 0.05) is 17.8 Å². The van der Waals surface area contributed by atoms with E-state index in [0.717, 1.165) is 0 Å². The van der Waals surface area contributed by atoms with Crippen LogP contribution >= 0.6 is 0 Å². The fourth-order valence-electron chi connectivity index (χ4n) is 1.29. The van der Waals surface area contributed by atoms with Gasteiger partial charge in [-0.2, -0.15) is 0 Å². The van der Waals surface area contributed by atoms with Crippen LogP contribution in [0.3, 0.4) is 0 Å². The van der Waals surface area contributed by atoms with Crippen molar-refractivity contribution in [3.63, 3.8) is 0 Å². The molecule has 0 spiro atoms. The molecule has 0 fully saturated rings. The largest absolute Gasteiger partial charge is 0.452 e. The maximum absolute atomic E-state index is 11.2. The third kappa shape index (κ3) is 1.21. The number of furan rings is 1. The van der Waals surface area contributed by atoms with E-state index >= 15 is 0 Å². The Kier molecular flexibility index (Phi) is 1.89. The van der Waals surface area contributed by atoms with Crippen LogP contribution in [-0.2, 0) is 0 Å². The molecule has 0 aliphatic carbocycles. The van der Waals surface area contributed by atoms with Crippen LogP contribution in [0.4, 0.5) is 0 Å². The molecule has 4 nitrogen and oxygen atoms in total. The van der Waals surface area contributed by atoms with Crippen LogP contribution in [0.1, 0.15) is 27.8 Å². The standard InChI is InChI=1S/C10H7NO3/c1-6(13)9-4-11-3-7-2-8(5-12)14-10(7)9/h2-5H,1H3. The fraction of sp³-hybridized carbons (Fsp3) is 0.100. The smallest absolute Gasteiger partial charge is 0.185 e. The second-order valence-corrected chi connectivity index (χ2v) is 2.93. The van der Waals surface area contributed by atoms with Crippen molar-refractivity contribution in [1.82, 2.24) is 4.98 Å². The minimum atomic E-state index is -0.130. The molecule has 0 N–H and O–H groups in total. The highest BCUT2D eigenvalue weighted by atomic mass is 16.3. The van der Waals surface area contributed by atoms with E-state index in [9.17, 15) is 9.59 Å². The first kappa shape index (κ1) is 8.62. The topological polar surface area (TPSA) is 60.2 Å². The average Bonchev–Trinajstić information content (AvgIpc) is 2.59. The normalized spacial score (nSPS) is 10.4.